The third-order valence-corrected chi connectivity index (χ3v) is 3.11. The minimum absolute atomic E-state index is 0.0834. The Balaban J connectivity index is 3.12. The highest BCUT2D eigenvalue weighted by molar-refractivity contribution is 6.18. The molecule has 0 fully saturated rings. The highest BCUT2D eigenvalue weighted by Gasteiger charge is 2.26. The van der Waals surface area contributed by atoms with Crippen molar-refractivity contribution in [3.05, 3.63) is 22.5 Å². The quantitative estimate of drug-likeness (QED) is 0.561. The Bertz CT molecular complexity index is 430. The maximum Gasteiger partial charge on any atom is 0.355 e. The summed E-state index contributed by atoms with van der Waals surface area (Å²) in [5, 5.41) is 19.5. The zero-order valence-corrected chi connectivity index (χ0v) is 11.4. The minimum Gasteiger partial charge on any atom is -0.461 e. The average Bonchev–Trinajstić information content (AvgIpc) is 2.63. The number of alkyl halides is 1. The molecule has 2 atom stereocenters. The number of aromatic nitrogens is 1. The van der Waals surface area contributed by atoms with Gasteiger partial charge in [0.15, 0.2) is 0 Å². The highest BCUT2D eigenvalue weighted by atomic mass is 35.5. The van der Waals surface area contributed by atoms with Crippen LogP contribution in [0.4, 0.5) is 0 Å². The third kappa shape index (κ3) is 2.85. The number of H-pyrrole nitrogens is 1. The molecular formula is C12H18ClNO4. The van der Waals surface area contributed by atoms with Gasteiger partial charge >= 0.3 is 5.97 Å². The van der Waals surface area contributed by atoms with E-state index < -0.39 is 18.2 Å². The second-order valence-electron chi connectivity index (χ2n) is 4.05. The predicted octanol–water partition coefficient (Wildman–Crippen LogP) is 1.44. The van der Waals surface area contributed by atoms with Crippen LogP contribution in [0, 0.1) is 13.8 Å². The Kier molecular flexibility index (Phi) is 5.19. The van der Waals surface area contributed by atoms with Gasteiger partial charge in [-0.05, 0) is 26.3 Å². The minimum atomic E-state index is -1.12. The van der Waals surface area contributed by atoms with Crippen LogP contribution < -0.4 is 0 Å². The molecule has 1 aromatic heterocycles. The third-order valence-electron chi connectivity index (χ3n) is 2.79. The van der Waals surface area contributed by atoms with Crippen molar-refractivity contribution >= 4 is 17.6 Å². The molecule has 0 spiro atoms. The molecule has 1 heterocycles. The lowest BCUT2D eigenvalue weighted by Gasteiger charge is -2.16. The van der Waals surface area contributed by atoms with Gasteiger partial charge in [0, 0.05) is 11.3 Å². The van der Waals surface area contributed by atoms with E-state index in [2.05, 4.69) is 4.98 Å². The predicted molar refractivity (Wildman–Crippen MR) is 67.9 cm³/mol. The fraction of sp³-hybridized carbons (Fsp3) is 0.583. The van der Waals surface area contributed by atoms with Crippen molar-refractivity contribution in [3.63, 3.8) is 0 Å². The van der Waals surface area contributed by atoms with Crippen molar-refractivity contribution < 1.29 is 19.7 Å². The summed E-state index contributed by atoms with van der Waals surface area (Å²) in [6, 6.07) is 0. The Morgan fingerprint density at radius 3 is 2.56 bits per heavy atom. The van der Waals surface area contributed by atoms with Crippen molar-refractivity contribution in [3.8, 4) is 0 Å². The van der Waals surface area contributed by atoms with Crippen LogP contribution in [-0.2, 0) is 4.74 Å². The van der Waals surface area contributed by atoms with Crippen LogP contribution in [0.3, 0.4) is 0 Å². The number of aromatic amines is 1. The molecule has 0 aromatic carbocycles. The lowest BCUT2D eigenvalue weighted by atomic mass is 10.0. The Morgan fingerprint density at radius 2 is 2.06 bits per heavy atom. The number of carbonyl (C=O) groups excluding carboxylic acids is 1. The van der Waals surface area contributed by atoms with Crippen LogP contribution in [0.25, 0.3) is 0 Å². The van der Waals surface area contributed by atoms with Crippen molar-refractivity contribution in [1.82, 2.24) is 4.98 Å². The van der Waals surface area contributed by atoms with E-state index in [1.165, 1.54) is 0 Å². The van der Waals surface area contributed by atoms with E-state index in [-0.39, 0.29) is 12.5 Å². The van der Waals surface area contributed by atoms with E-state index in [4.69, 9.17) is 16.3 Å². The summed E-state index contributed by atoms with van der Waals surface area (Å²) in [6.07, 6.45) is -2.20. The number of aryl methyl sites for hydroxylation is 1. The summed E-state index contributed by atoms with van der Waals surface area (Å²) in [6.45, 7) is 5.40. The number of hydrogen-bond donors (Lipinski definition) is 3. The average molecular weight is 276 g/mol. The highest BCUT2D eigenvalue weighted by Crippen LogP contribution is 2.27. The fourth-order valence-corrected chi connectivity index (χ4v) is 2.06. The van der Waals surface area contributed by atoms with Crippen LogP contribution in [0.5, 0.6) is 0 Å². The van der Waals surface area contributed by atoms with Gasteiger partial charge in [-0.3, -0.25) is 0 Å². The van der Waals surface area contributed by atoms with Gasteiger partial charge in [0.1, 0.15) is 11.8 Å². The maximum absolute atomic E-state index is 11.7. The molecule has 1 rings (SSSR count). The van der Waals surface area contributed by atoms with E-state index in [9.17, 15) is 15.0 Å². The summed E-state index contributed by atoms with van der Waals surface area (Å²) < 4.78 is 4.90. The van der Waals surface area contributed by atoms with Gasteiger partial charge in [0.2, 0.25) is 0 Å². The van der Waals surface area contributed by atoms with Gasteiger partial charge < -0.3 is 19.9 Å². The number of aliphatic hydroxyl groups excluding tert-OH is 2. The Labute approximate surface area is 111 Å². The van der Waals surface area contributed by atoms with Gasteiger partial charge in [-0.2, -0.15) is 0 Å². The number of esters is 1. The summed E-state index contributed by atoms with van der Waals surface area (Å²) in [4.78, 5) is 14.5. The van der Waals surface area contributed by atoms with Crippen molar-refractivity contribution in [1.29, 1.82) is 0 Å². The summed E-state index contributed by atoms with van der Waals surface area (Å²) >= 11 is 5.51. The van der Waals surface area contributed by atoms with Gasteiger partial charge in [0.05, 0.1) is 18.6 Å². The maximum atomic E-state index is 11.7. The number of halogens is 1. The molecule has 0 saturated carbocycles. The lowest BCUT2D eigenvalue weighted by molar-refractivity contribution is 0.0319. The van der Waals surface area contributed by atoms with Crippen LogP contribution in [0.15, 0.2) is 0 Å². The van der Waals surface area contributed by atoms with Crippen LogP contribution in [0.1, 0.15) is 40.3 Å². The molecule has 6 heteroatoms. The van der Waals surface area contributed by atoms with Crippen LogP contribution in [0.2, 0.25) is 0 Å². The first-order valence-corrected chi connectivity index (χ1v) is 6.25. The molecule has 3 N–H and O–H groups in total. The SMILES string of the molecule is CCOC(=O)c1[nH]c(C)c(C(O)C(O)CCl)c1C. The van der Waals surface area contributed by atoms with E-state index in [0.717, 1.165) is 0 Å². The molecule has 18 heavy (non-hydrogen) atoms. The topological polar surface area (TPSA) is 82.6 Å². The Morgan fingerprint density at radius 1 is 1.44 bits per heavy atom. The molecule has 5 nitrogen and oxygen atoms in total. The van der Waals surface area contributed by atoms with E-state index in [1.807, 2.05) is 0 Å². The number of hydrogen-bond acceptors (Lipinski definition) is 4. The van der Waals surface area contributed by atoms with E-state index in [1.54, 1.807) is 20.8 Å². The number of carbonyl (C=O) groups is 1. The standard InChI is InChI=1S/C12H18ClNO4/c1-4-18-12(17)10-6(2)9(7(3)14-10)11(16)8(15)5-13/h8,11,14-16H,4-5H2,1-3H3. The molecule has 0 aliphatic rings. The molecule has 0 aliphatic heterocycles. The number of nitrogens with one attached hydrogen (secondary N) is 1. The van der Waals surface area contributed by atoms with Crippen molar-refractivity contribution in [2.75, 3.05) is 12.5 Å². The van der Waals surface area contributed by atoms with Gasteiger partial charge in [-0.25, -0.2) is 4.79 Å². The lowest BCUT2D eigenvalue weighted by Crippen LogP contribution is -2.20. The molecule has 0 saturated heterocycles. The normalized spacial score (nSPS) is 14.3. The molecule has 0 bridgehead atoms. The largest absolute Gasteiger partial charge is 0.461 e. The number of rotatable bonds is 5. The molecule has 0 radical (unpaired) electrons. The summed E-state index contributed by atoms with van der Waals surface area (Å²) in [5.41, 5.74) is 1.98. The molecule has 0 amide bonds. The van der Waals surface area contributed by atoms with Crippen molar-refractivity contribution in [2.24, 2.45) is 0 Å². The molecule has 0 aliphatic carbocycles. The monoisotopic (exact) mass is 275 g/mol. The van der Waals surface area contributed by atoms with Crippen molar-refractivity contribution in [2.45, 2.75) is 33.0 Å². The molecule has 102 valence electrons. The second-order valence-corrected chi connectivity index (χ2v) is 4.36. The molecule has 1 aromatic rings. The van der Waals surface area contributed by atoms with E-state index >= 15 is 0 Å². The summed E-state index contributed by atoms with van der Waals surface area (Å²) in [7, 11) is 0. The molecular weight excluding hydrogens is 258 g/mol. The van der Waals surface area contributed by atoms with Crippen LogP contribution >= 0.6 is 11.6 Å². The van der Waals surface area contributed by atoms with E-state index in [0.29, 0.717) is 22.5 Å². The number of ether oxygens (including phenoxy) is 1. The first-order valence-electron chi connectivity index (χ1n) is 5.72. The van der Waals surface area contributed by atoms with Gasteiger partial charge in [-0.1, -0.05) is 0 Å². The fourth-order valence-electron chi connectivity index (χ4n) is 1.89. The first kappa shape index (κ1) is 15.0. The number of aliphatic hydroxyl groups is 2. The van der Waals surface area contributed by atoms with Crippen LogP contribution in [-0.4, -0.2) is 39.8 Å². The first-order chi connectivity index (χ1) is 8.43. The summed E-state index contributed by atoms with van der Waals surface area (Å²) in [5.74, 6) is -0.558. The zero-order valence-electron chi connectivity index (χ0n) is 10.7. The van der Waals surface area contributed by atoms with Gasteiger partial charge in [-0.15, -0.1) is 11.6 Å². The smallest absolute Gasteiger partial charge is 0.355 e. The zero-order chi connectivity index (χ0) is 13.9. The van der Waals surface area contributed by atoms with Gasteiger partial charge in [0.25, 0.3) is 0 Å². The Hall–Kier alpha value is -1.04. The second kappa shape index (κ2) is 6.22. The molecule has 2 unspecified atom stereocenters.